The van der Waals surface area contributed by atoms with E-state index in [-0.39, 0.29) is 18.2 Å². The summed E-state index contributed by atoms with van der Waals surface area (Å²) in [4.78, 5) is 22.7. The second-order valence-corrected chi connectivity index (χ2v) is 5.41. The minimum absolute atomic E-state index is 0.0870. The fraction of sp³-hybridized carbons (Fsp3) is 0.158. The van der Waals surface area contributed by atoms with Crippen molar-refractivity contribution in [3.8, 4) is 0 Å². The normalized spacial score (nSPS) is 10.7. The second kappa shape index (κ2) is 7.94. The first-order valence-corrected chi connectivity index (χ1v) is 7.43. The van der Waals surface area contributed by atoms with E-state index in [0.717, 1.165) is 11.1 Å². The molecular formula is C19H20N2O2. The first-order chi connectivity index (χ1) is 11.0. The Hall–Kier alpha value is -2.88. The first-order valence-electron chi connectivity index (χ1n) is 7.43. The summed E-state index contributed by atoms with van der Waals surface area (Å²) in [5, 5.41) is 2.81. The van der Waals surface area contributed by atoms with Crippen molar-refractivity contribution in [2.24, 2.45) is 5.73 Å². The summed E-state index contributed by atoms with van der Waals surface area (Å²) < 4.78 is 0. The van der Waals surface area contributed by atoms with Gasteiger partial charge in [0.1, 0.15) is 0 Å². The Kier molecular flexibility index (Phi) is 5.69. The van der Waals surface area contributed by atoms with E-state index < -0.39 is 0 Å². The van der Waals surface area contributed by atoms with Gasteiger partial charge in [-0.25, -0.2) is 0 Å². The number of carbonyl (C=O) groups excluding carboxylic acids is 2. The molecule has 23 heavy (non-hydrogen) atoms. The van der Waals surface area contributed by atoms with E-state index >= 15 is 0 Å². The molecule has 0 atom stereocenters. The molecule has 0 aliphatic heterocycles. The molecular weight excluding hydrogens is 288 g/mol. The third kappa shape index (κ3) is 5.79. The van der Waals surface area contributed by atoms with Gasteiger partial charge in [0.05, 0.1) is 6.42 Å². The van der Waals surface area contributed by atoms with Crippen molar-refractivity contribution in [3.05, 3.63) is 71.3 Å². The van der Waals surface area contributed by atoms with Gasteiger partial charge >= 0.3 is 0 Å². The lowest BCUT2D eigenvalue weighted by molar-refractivity contribution is -0.117. The Morgan fingerprint density at radius 1 is 1.04 bits per heavy atom. The topological polar surface area (TPSA) is 72.2 Å². The van der Waals surface area contributed by atoms with Crippen LogP contribution in [0.4, 0.5) is 5.69 Å². The number of carbonyl (C=O) groups is 2. The summed E-state index contributed by atoms with van der Waals surface area (Å²) in [6.45, 7) is 2.04. The van der Waals surface area contributed by atoms with Crippen LogP contribution in [0, 0.1) is 6.92 Å². The molecule has 118 valence electrons. The lowest BCUT2D eigenvalue weighted by Gasteiger charge is -2.04. The van der Waals surface area contributed by atoms with Gasteiger partial charge in [-0.3, -0.25) is 9.59 Å². The van der Waals surface area contributed by atoms with E-state index in [1.165, 1.54) is 5.56 Å². The van der Waals surface area contributed by atoms with Gasteiger partial charge in [0.25, 0.3) is 0 Å². The highest BCUT2D eigenvalue weighted by Crippen LogP contribution is 2.11. The fourth-order valence-electron chi connectivity index (χ4n) is 2.10. The highest BCUT2D eigenvalue weighted by molar-refractivity contribution is 5.92. The number of primary amides is 1. The summed E-state index contributed by atoms with van der Waals surface area (Å²) in [7, 11) is 0. The van der Waals surface area contributed by atoms with E-state index in [1.807, 2.05) is 43.3 Å². The smallest absolute Gasteiger partial charge is 0.228 e. The van der Waals surface area contributed by atoms with Crippen molar-refractivity contribution in [1.29, 1.82) is 0 Å². The molecule has 2 amide bonds. The quantitative estimate of drug-likeness (QED) is 0.861. The van der Waals surface area contributed by atoms with Crippen LogP contribution in [0.2, 0.25) is 0 Å². The average Bonchev–Trinajstić information content (AvgIpc) is 2.51. The van der Waals surface area contributed by atoms with Crippen LogP contribution >= 0.6 is 0 Å². The number of nitrogens with one attached hydrogen (secondary N) is 1. The molecule has 0 aromatic heterocycles. The van der Waals surface area contributed by atoms with Crippen molar-refractivity contribution >= 4 is 23.6 Å². The molecule has 0 radical (unpaired) electrons. The SMILES string of the molecule is Cc1ccc(/C=C/CC(=O)Nc2ccc(CC(N)=O)cc2)cc1. The number of amides is 2. The summed E-state index contributed by atoms with van der Waals surface area (Å²) in [6.07, 6.45) is 4.26. The Morgan fingerprint density at radius 3 is 2.30 bits per heavy atom. The van der Waals surface area contributed by atoms with E-state index in [9.17, 15) is 9.59 Å². The Balaban J connectivity index is 1.84. The molecule has 2 aromatic rings. The molecule has 0 spiro atoms. The van der Waals surface area contributed by atoms with Crippen molar-refractivity contribution in [2.45, 2.75) is 19.8 Å². The molecule has 2 aromatic carbocycles. The maximum atomic E-state index is 11.9. The highest BCUT2D eigenvalue weighted by atomic mass is 16.1. The van der Waals surface area contributed by atoms with Gasteiger partial charge in [0.2, 0.25) is 11.8 Å². The Labute approximate surface area is 136 Å². The van der Waals surface area contributed by atoms with E-state index in [2.05, 4.69) is 5.32 Å². The summed E-state index contributed by atoms with van der Waals surface area (Å²) in [5.41, 5.74) is 8.94. The van der Waals surface area contributed by atoms with E-state index in [0.29, 0.717) is 12.1 Å². The molecule has 0 unspecified atom stereocenters. The maximum Gasteiger partial charge on any atom is 0.228 e. The molecule has 0 bridgehead atoms. The van der Waals surface area contributed by atoms with Gasteiger partial charge in [-0.15, -0.1) is 0 Å². The van der Waals surface area contributed by atoms with Crippen LogP contribution in [0.25, 0.3) is 6.08 Å². The molecule has 0 heterocycles. The summed E-state index contributed by atoms with van der Waals surface area (Å²) in [6, 6.07) is 15.2. The Morgan fingerprint density at radius 2 is 1.70 bits per heavy atom. The maximum absolute atomic E-state index is 11.9. The standard InChI is InChI=1S/C19H20N2O2/c1-14-5-7-15(8-6-14)3-2-4-19(23)21-17-11-9-16(10-12-17)13-18(20)22/h2-3,5-12H,4,13H2,1H3,(H2,20,22)(H,21,23)/b3-2+. The van der Waals surface area contributed by atoms with Crippen molar-refractivity contribution in [1.82, 2.24) is 0 Å². The number of hydrogen-bond donors (Lipinski definition) is 2. The molecule has 0 saturated carbocycles. The van der Waals surface area contributed by atoms with Crippen LogP contribution in [-0.4, -0.2) is 11.8 Å². The lowest BCUT2D eigenvalue weighted by Crippen LogP contribution is -2.14. The fourth-order valence-corrected chi connectivity index (χ4v) is 2.10. The van der Waals surface area contributed by atoms with Crippen LogP contribution in [0.3, 0.4) is 0 Å². The molecule has 0 aliphatic carbocycles. The number of rotatable bonds is 6. The lowest BCUT2D eigenvalue weighted by atomic mass is 10.1. The van der Waals surface area contributed by atoms with Gasteiger partial charge in [0, 0.05) is 12.1 Å². The molecule has 2 rings (SSSR count). The van der Waals surface area contributed by atoms with Crippen molar-refractivity contribution in [2.75, 3.05) is 5.32 Å². The number of nitrogens with two attached hydrogens (primary N) is 1. The number of benzene rings is 2. The van der Waals surface area contributed by atoms with Gasteiger partial charge < -0.3 is 11.1 Å². The number of hydrogen-bond acceptors (Lipinski definition) is 2. The zero-order valence-electron chi connectivity index (χ0n) is 13.1. The third-order valence-corrected chi connectivity index (χ3v) is 3.31. The largest absolute Gasteiger partial charge is 0.369 e. The van der Waals surface area contributed by atoms with Crippen LogP contribution in [0.1, 0.15) is 23.1 Å². The monoisotopic (exact) mass is 308 g/mol. The van der Waals surface area contributed by atoms with E-state index in [1.54, 1.807) is 24.3 Å². The average molecular weight is 308 g/mol. The second-order valence-electron chi connectivity index (χ2n) is 5.41. The van der Waals surface area contributed by atoms with Gasteiger partial charge in [-0.2, -0.15) is 0 Å². The molecule has 0 aliphatic rings. The molecule has 4 heteroatoms. The van der Waals surface area contributed by atoms with Gasteiger partial charge in [-0.05, 0) is 30.2 Å². The third-order valence-electron chi connectivity index (χ3n) is 3.31. The minimum atomic E-state index is -0.372. The summed E-state index contributed by atoms with van der Waals surface area (Å²) >= 11 is 0. The zero-order valence-corrected chi connectivity index (χ0v) is 13.1. The highest BCUT2D eigenvalue weighted by Gasteiger charge is 2.02. The van der Waals surface area contributed by atoms with Crippen LogP contribution in [-0.2, 0) is 16.0 Å². The molecule has 0 saturated heterocycles. The minimum Gasteiger partial charge on any atom is -0.369 e. The predicted molar refractivity (Wildman–Crippen MR) is 92.8 cm³/mol. The molecule has 3 N–H and O–H groups in total. The van der Waals surface area contributed by atoms with E-state index in [4.69, 9.17) is 5.73 Å². The molecule has 0 fully saturated rings. The predicted octanol–water partition coefficient (Wildman–Crippen LogP) is 3.06. The zero-order chi connectivity index (χ0) is 16.7. The molecule has 4 nitrogen and oxygen atoms in total. The van der Waals surface area contributed by atoms with Crippen LogP contribution in [0.15, 0.2) is 54.6 Å². The number of aryl methyl sites for hydroxylation is 1. The van der Waals surface area contributed by atoms with Gasteiger partial charge in [-0.1, -0.05) is 54.1 Å². The number of anilines is 1. The first kappa shape index (κ1) is 16.5. The van der Waals surface area contributed by atoms with Crippen LogP contribution < -0.4 is 11.1 Å². The van der Waals surface area contributed by atoms with Gasteiger partial charge in [0.15, 0.2) is 0 Å². The van der Waals surface area contributed by atoms with Crippen molar-refractivity contribution in [3.63, 3.8) is 0 Å². The van der Waals surface area contributed by atoms with Crippen LogP contribution in [0.5, 0.6) is 0 Å². The van der Waals surface area contributed by atoms with Crippen molar-refractivity contribution < 1.29 is 9.59 Å². The Bertz CT molecular complexity index is 701. The summed E-state index contributed by atoms with van der Waals surface area (Å²) in [5.74, 6) is -0.459.